The smallest absolute Gasteiger partial charge is 0.196 e. The number of hydrogen-bond donors (Lipinski definition) is 0. The molecule has 4 aromatic rings. The van der Waals surface area contributed by atoms with Gasteiger partial charge in [0.2, 0.25) is 0 Å². The molecule has 0 fully saturated rings. The average molecular weight is 464 g/mol. The molecule has 0 radical (unpaired) electrons. The van der Waals surface area contributed by atoms with E-state index in [0.717, 1.165) is 5.69 Å². The summed E-state index contributed by atoms with van der Waals surface area (Å²) in [7, 11) is 1.58. The number of thioether (sulfide) groups is 1. The van der Waals surface area contributed by atoms with Crippen molar-refractivity contribution in [1.82, 2.24) is 14.8 Å². The van der Waals surface area contributed by atoms with Crippen LogP contribution in [0.25, 0.3) is 5.69 Å². The van der Waals surface area contributed by atoms with Crippen molar-refractivity contribution in [2.45, 2.75) is 18.2 Å². The molecule has 0 N–H and O–H groups in total. The normalized spacial score (nSPS) is 11.7. The Balaban J connectivity index is 1.56. The number of para-hydroxylation sites is 1. The number of benzene rings is 3. The molecule has 0 saturated heterocycles. The maximum Gasteiger partial charge on any atom is 0.196 e. The molecule has 33 heavy (non-hydrogen) atoms. The van der Waals surface area contributed by atoms with Crippen LogP contribution in [0.15, 0.2) is 84.0 Å². The predicted molar refractivity (Wildman–Crippen MR) is 125 cm³/mol. The van der Waals surface area contributed by atoms with E-state index in [0.29, 0.717) is 28.0 Å². The molecule has 0 aliphatic carbocycles. The summed E-state index contributed by atoms with van der Waals surface area (Å²) in [6, 6.07) is 22.5. The molecule has 6 nitrogen and oxygen atoms in total. The summed E-state index contributed by atoms with van der Waals surface area (Å²) >= 11 is 1.30. The highest BCUT2D eigenvalue weighted by Gasteiger charge is 2.22. The van der Waals surface area contributed by atoms with Gasteiger partial charge in [-0.3, -0.25) is 9.36 Å². The van der Waals surface area contributed by atoms with Crippen molar-refractivity contribution >= 4 is 17.5 Å². The van der Waals surface area contributed by atoms with E-state index in [-0.39, 0.29) is 17.4 Å². The molecule has 1 unspecified atom stereocenters. The minimum absolute atomic E-state index is 0.0255. The number of carbonyl (C=O) groups is 1. The summed E-state index contributed by atoms with van der Waals surface area (Å²) in [5.41, 5.74) is 1.45. The Hall–Kier alpha value is -3.65. The number of halogens is 1. The van der Waals surface area contributed by atoms with Gasteiger partial charge in [0.15, 0.2) is 22.9 Å². The first-order chi connectivity index (χ1) is 16.0. The minimum Gasteiger partial charge on any atom is -0.497 e. The van der Waals surface area contributed by atoms with E-state index in [4.69, 9.17) is 9.47 Å². The third-order valence-corrected chi connectivity index (χ3v) is 5.84. The number of hydrogen-bond acceptors (Lipinski definition) is 6. The van der Waals surface area contributed by atoms with Gasteiger partial charge < -0.3 is 9.47 Å². The van der Waals surface area contributed by atoms with Crippen molar-refractivity contribution in [3.8, 4) is 17.2 Å². The zero-order valence-electron chi connectivity index (χ0n) is 18.1. The fraction of sp³-hybridized carbons (Fsp3) is 0.160. The summed E-state index contributed by atoms with van der Waals surface area (Å²) in [5, 5.41) is 9.25. The number of ether oxygens (including phenoxy) is 2. The van der Waals surface area contributed by atoms with Gasteiger partial charge in [-0.05, 0) is 67.6 Å². The Morgan fingerprint density at radius 2 is 1.64 bits per heavy atom. The number of methoxy groups -OCH3 is 1. The van der Waals surface area contributed by atoms with Crippen molar-refractivity contribution in [2.75, 3.05) is 12.9 Å². The van der Waals surface area contributed by atoms with Gasteiger partial charge in [0.05, 0.1) is 12.9 Å². The maximum absolute atomic E-state index is 13.2. The van der Waals surface area contributed by atoms with Crippen LogP contribution < -0.4 is 9.47 Å². The Kier molecular flexibility index (Phi) is 7.04. The third kappa shape index (κ3) is 5.40. The topological polar surface area (TPSA) is 66.2 Å². The number of Topliss-reactive ketones (excluding diaryl/α,β-unsaturated/α-hetero) is 1. The number of aromatic nitrogens is 3. The molecule has 0 aliphatic rings. The van der Waals surface area contributed by atoms with Gasteiger partial charge in [0, 0.05) is 11.3 Å². The lowest BCUT2D eigenvalue weighted by atomic mass is 10.1. The van der Waals surface area contributed by atoms with Crippen LogP contribution in [0.3, 0.4) is 0 Å². The van der Waals surface area contributed by atoms with E-state index in [1.54, 1.807) is 43.5 Å². The predicted octanol–water partition coefficient (Wildman–Crippen LogP) is 5.53. The van der Waals surface area contributed by atoms with E-state index in [1.165, 1.54) is 23.9 Å². The minimum atomic E-state index is -0.463. The molecular weight excluding hydrogens is 441 g/mol. The molecule has 168 valence electrons. The Morgan fingerprint density at radius 3 is 2.30 bits per heavy atom. The third-order valence-electron chi connectivity index (χ3n) is 4.91. The molecule has 0 amide bonds. The Bertz CT molecular complexity index is 1210. The highest BCUT2D eigenvalue weighted by atomic mass is 32.2. The second-order valence-corrected chi connectivity index (χ2v) is 8.11. The van der Waals surface area contributed by atoms with Gasteiger partial charge in [-0.25, -0.2) is 4.39 Å². The maximum atomic E-state index is 13.2. The summed E-state index contributed by atoms with van der Waals surface area (Å²) in [4.78, 5) is 12.7. The van der Waals surface area contributed by atoms with Gasteiger partial charge in [0.25, 0.3) is 0 Å². The van der Waals surface area contributed by atoms with Crippen LogP contribution in [0.2, 0.25) is 0 Å². The second kappa shape index (κ2) is 10.3. The van der Waals surface area contributed by atoms with Crippen LogP contribution in [0, 0.1) is 5.82 Å². The van der Waals surface area contributed by atoms with Crippen molar-refractivity contribution in [3.63, 3.8) is 0 Å². The summed E-state index contributed by atoms with van der Waals surface area (Å²) in [5.74, 6) is 1.64. The van der Waals surface area contributed by atoms with Gasteiger partial charge in [-0.2, -0.15) is 0 Å². The Labute approximate surface area is 195 Å². The first kappa shape index (κ1) is 22.5. The highest BCUT2D eigenvalue weighted by Crippen LogP contribution is 2.28. The van der Waals surface area contributed by atoms with E-state index >= 15 is 0 Å². The van der Waals surface area contributed by atoms with Gasteiger partial charge in [-0.1, -0.05) is 30.0 Å². The summed E-state index contributed by atoms with van der Waals surface area (Å²) in [6.45, 7) is 1.85. The monoisotopic (exact) mass is 463 g/mol. The van der Waals surface area contributed by atoms with Crippen molar-refractivity contribution in [2.24, 2.45) is 0 Å². The lowest BCUT2D eigenvalue weighted by Crippen LogP contribution is -2.12. The standard InChI is InChI=1S/C25H22FN3O3S/c1-17(32-22-14-10-19(26)11-15-22)24-27-28-25(29(24)20-6-4-3-5-7-20)33-16-23(30)18-8-12-21(31-2)13-9-18/h3-15,17H,16H2,1-2H3. The molecule has 0 bridgehead atoms. The number of rotatable bonds is 9. The van der Waals surface area contributed by atoms with E-state index in [9.17, 15) is 9.18 Å². The molecular formula is C25H22FN3O3S. The molecule has 0 aliphatic heterocycles. The zero-order valence-corrected chi connectivity index (χ0v) is 19.0. The lowest BCUT2D eigenvalue weighted by Gasteiger charge is -2.16. The quantitative estimate of drug-likeness (QED) is 0.240. The Morgan fingerprint density at radius 1 is 0.970 bits per heavy atom. The van der Waals surface area contributed by atoms with Gasteiger partial charge in [-0.15, -0.1) is 10.2 Å². The fourth-order valence-electron chi connectivity index (χ4n) is 3.22. The first-order valence-corrected chi connectivity index (χ1v) is 11.3. The van der Waals surface area contributed by atoms with Gasteiger partial charge >= 0.3 is 0 Å². The van der Waals surface area contributed by atoms with Crippen molar-refractivity contribution in [3.05, 3.63) is 96.1 Å². The first-order valence-electron chi connectivity index (χ1n) is 10.3. The molecule has 1 heterocycles. The highest BCUT2D eigenvalue weighted by molar-refractivity contribution is 7.99. The number of carbonyl (C=O) groups excluding carboxylic acids is 1. The van der Waals surface area contributed by atoms with E-state index < -0.39 is 6.10 Å². The van der Waals surface area contributed by atoms with E-state index in [1.807, 2.05) is 41.8 Å². The van der Waals surface area contributed by atoms with Crippen LogP contribution in [0.5, 0.6) is 11.5 Å². The molecule has 0 spiro atoms. The van der Waals surface area contributed by atoms with Crippen LogP contribution in [-0.2, 0) is 0 Å². The summed E-state index contributed by atoms with van der Waals surface area (Å²) in [6.07, 6.45) is -0.463. The molecule has 1 aromatic heterocycles. The van der Waals surface area contributed by atoms with Crippen LogP contribution in [0.1, 0.15) is 29.2 Å². The number of nitrogens with zero attached hydrogens (tertiary/aromatic N) is 3. The van der Waals surface area contributed by atoms with Crippen molar-refractivity contribution in [1.29, 1.82) is 0 Å². The van der Waals surface area contributed by atoms with Crippen molar-refractivity contribution < 1.29 is 18.7 Å². The van der Waals surface area contributed by atoms with E-state index in [2.05, 4.69) is 10.2 Å². The molecule has 1 atom stereocenters. The molecule has 4 rings (SSSR count). The number of ketones is 1. The van der Waals surface area contributed by atoms with Crippen LogP contribution in [0.4, 0.5) is 4.39 Å². The fourth-order valence-corrected chi connectivity index (χ4v) is 4.07. The van der Waals surface area contributed by atoms with Gasteiger partial charge in [0.1, 0.15) is 17.3 Å². The average Bonchev–Trinajstić information content (AvgIpc) is 3.28. The molecule has 8 heteroatoms. The summed E-state index contributed by atoms with van der Waals surface area (Å²) < 4.78 is 26.2. The SMILES string of the molecule is COc1ccc(C(=O)CSc2nnc(C(C)Oc3ccc(F)cc3)n2-c2ccccc2)cc1. The lowest BCUT2D eigenvalue weighted by molar-refractivity contribution is 0.102. The molecule has 0 saturated carbocycles. The zero-order chi connectivity index (χ0) is 23.2. The largest absolute Gasteiger partial charge is 0.497 e. The van der Waals surface area contributed by atoms with Crippen LogP contribution >= 0.6 is 11.8 Å². The van der Waals surface area contributed by atoms with Crippen LogP contribution in [-0.4, -0.2) is 33.4 Å². The second-order valence-electron chi connectivity index (χ2n) is 7.17. The molecule has 3 aromatic carbocycles.